The van der Waals surface area contributed by atoms with E-state index < -0.39 is 0 Å². The lowest BCUT2D eigenvalue weighted by molar-refractivity contribution is 0.194. The maximum Gasteiger partial charge on any atom is 0.255 e. The zero-order valence-electron chi connectivity index (χ0n) is 10.5. The zero-order valence-corrected chi connectivity index (χ0v) is 11.2. The van der Waals surface area contributed by atoms with Gasteiger partial charge in [0, 0.05) is 25.8 Å². The van der Waals surface area contributed by atoms with Crippen LogP contribution in [0.15, 0.2) is 6.33 Å². The van der Waals surface area contributed by atoms with E-state index in [4.69, 9.17) is 16.3 Å². The highest BCUT2D eigenvalue weighted by molar-refractivity contribution is 6.30. The number of nitrogens with one attached hydrogen (secondary N) is 1. The summed E-state index contributed by atoms with van der Waals surface area (Å²) in [7, 11) is 1.71. The fraction of sp³-hybridized carbons (Fsp3) is 0.545. The summed E-state index contributed by atoms with van der Waals surface area (Å²) in [6, 6.07) is 0. The number of hydrogen-bond acceptors (Lipinski definition) is 5. The molecule has 0 aliphatic carbocycles. The minimum atomic E-state index is 0.454. The molecule has 98 valence electrons. The number of rotatable bonds is 6. The normalized spacial score (nSPS) is 11.1. The second-order valence-corrected chi connectivity index (χ2v) is 4.33. The molecule has 0 unspecified atom stereocenters. The number of fused-ring (bicyclic) bond motifs is 1. The zero-order chi connectivity index (χ0) is 13.0. The van der Waals surface area contributed by atoms with E-state index in [9.17, 15) is 0 Å². The fourth-order valence-corrected chi connectivity index (χ4v) is 1.85. The third-order valence-electron chi connectivity index (χ3n) is 2.67. The summed E-state index contributed by atoms with van der Waals surface area (Å²) in [4.78, 5) is 8.18. The molecule has 0 bridgehead atoms. The molecule has 2 heterocycles. The van der Waals surface area contributed by atoms with E-state index in [-0.39, 0.29) is 0 Å². The number of aromatic nitrogens is 4. The van der Waals surface area contributed by atoms with Crippen molar-refractivity contribution in [2.45, 2.75) is 19.8 Å². The fourth-order valence-electron chi connectivity index (χ4n) is 1.68. The van der Waals surface area contributed by atoms with Crippen molar-refractivity contribution in [2.24, 2.45) is 0 Å². The van der Waals surface area contributed by atoms with Gasteiger partial charge in [0.25, 0.3) is 5.78 Å². The lowest BCUT2D eigenvalue weighted by atomic mass is 10.3. The van der Waals surface area contributed by atoms with Crippen molar-refractivity contribution in [2.75, 3.05) is 25.6 Å². The minimum absolute atomic E-state index is 0.454. The predicted octanol–water partition coefficient (Wildman–Crippen LogP) is 1.92. The first-order chi connectivity index (χ1) is 8.74. The molecule has 0 radical (unpaired) electrons. The Bertz CT molecular complexity index is 527. The van der Waals surface area contributed by atoms with Crippen LogP contribution in [0.4, 0.5) is 5.82 Å². The Morgan fingerprint density at radius 1 is 1.44 bits per heavy atom. The molecule has 0 fully saturated rings. The van der Waals surface area contributed by atoms with Crippen LogP contribution in [0, 0.1) is 6.92 Å². The van der Waals surface area contributed by atoms with Crippen LogP contribution in [0.5, 0.6) is 0 Å². The van der Waals surface area contributed by atoms with Crippen LogP contribution in [0.2, 0.25) is 5.15 Å². The van der Waals surface area contributed by atoms with E-state index in [1.165, 1.54) is 6.33 Å². The van der Waals surface area contributed by atoms with Gasteiger partial charge in [0.15, 0.2) is 0 Å². The first-order valence-electron chi connectivity index (χ1n) is 5.82. The highest BCUT2D eigenvalue weighted by Crippen LogP contribution is 2.21. The summed E-state index contributed by atoms with van der Waals surface area (Å²) in [6.07, 6.45) is 3.50. The maximum atomic E-state index is 6.06. The Morgan fingerprint density at radius 3 is 3.06 bits per heavy atom. The van der Waals surface area contributed by atoms with Crippen LogP contribution in [0.3, 0.4) is 0 Å². The Balaban J connectivity index is 2.11. The predicted molar refractivity (Wildman–Crippen MR) is 70.1 cm³/mol. The van der Waals surface area contributed by atoms with Gasteiger partial charge in [0.05, 0.1) is 0 Å². The molecule has 7 heteroatoms. The lowest BCUT2D eigenvalue weighted by Gasteiger charge is -2.11. The van der Waals surface area contributed by atoms with Crippen LogP contribution in [0.25, 0.3) is 5.78 Å². The van der Waals surface area contributed by atoms with E-state index in [0.717, 1.165) is 37.4 Å². The van der Waals surface area contributed by atoms with Crippen molar-refractivity contribution in [1.82, 2.24) is 19.6 Å². The van der Waals surface area contributed by atoms with E-state index in [1.54, 1.807) is 11.6 Å². The van der Waals surface area contributed by atoms with E-state index in [1.807, 2.05) is 6.92 Å². The molecule has 0 amide bonds. The first kappa shape index (κ1) is 13.0. The molecule has 0 saturated heterocycles. The summed E-state index contributed by atoms with van der Waals surface area (Å²) >= 11 is 6.06. The molecule has 0 atom stereocenters. The van der Waals surface area contributed by atoms with Gasteiger partial charge in [0.2, 0.25) is 0 Å². The molecule has 18 heavy (non-hydrogen) atoms. The van der Waals surface area contributed by atoms with Gasteiger partial charge in [-0.2, -0.15) is 19.6 Å². The Morgan fingerprint density at radius 2 is 2.28 bits per heavy atom. The summed E-state index contributed by atoms with van der Waals surface area (Å²) in [5.74, 6) is 1.35. The quantitative estimate of drug-likeness (QED) is 0.641. The molecule has 0 aromatic carbocycles. The van der Waals surface area contributed by atoms with Gasteiger partial charge < -0.3 is 10.1 Å². The number of nitrogens with zero attached hydrogens (tertiary/aromatic N) is 4. The average Bonchev–Trinajstić information content (AvgIpc) is 2.81. The monoisotopic (exact) mass is 269 g/mol. The van der Waals surface area contributed by atoms with Crippen molar-refractivity contribution in [3.63, 3.8) is 0 Å². The van der Waals surface area contributed by atoms with Gasteiger partial charge in [-0.3, -0.25) is 0 Å². The molecule has 2 aromatic heterocycles. The first-order valence-corrected chi connectivity index (χ1v) is 6.20. The van der Waals surface area contributed by atoms with Crippen molar-refractivity contribution >= 4 is 23.2 Å². The molecule has 0 spiro atoms. The molecule has 0 aliphatic rings. The van der Waals surface area contributed by atoms with Gasteiger partial charge in [0.1, 0.15) is 17.3 Å². The summed E-state index contributed by atoms with van der Waals surface area (Å²) in [5.41, 5.74) is 0.876. The van der Waals surface area contributed by atoms with Crippen LogP contribution < -0.4 is 5.32 Å². The van der Waals surface area contributed by atoms with Crippen molar-refractivity contribution in [3.05, 3.63) is 17.0 Å². The second kappa shape index (κ2) is 5.97. The van der Waals surface area contributed by atoms with E-state index in [2.05, 4.69) is 20.4 Å². The highest BCUT2D eigenvalue weighted by atomic mass is 35.5. The van der Waals surface area contributed by atoms with E-state index >= 15 is 0 Å². The van der Waals surface area contributed by atoms with Gasteiger partial charge in [-0.1, -0.05) is 11.6 Å². The van der Waals surface area contributed by atoms with E-state index in [0.29, 0.717) is 10.9 Å². The SMILES string of the molecule is COCCCCNc1c(C)c(Cl)nc2ncnn12. The summed E-state index contributed by atoms with van der Waals surface area (Å²) < 4.78 is 6.67. The molecular formula is C11H16ClN5O. The van der Waals surface area contributed by atoms with Crippen molar-refractivity contribution in [3.8, 4) is 0 Å². The number of methoxy groups -OCH3 is 1. The summed E-state index contributed by atoms with van der Waals surface area (Å²) in [5, 5.41) is 7.91. The van der Waals surface area contributed by atoms with Crippen molar-refractivity contribution in [1.29, 1.82) is 0 Å². The standard InChI is InChI=1S/C11H16ClN5O/c1-8-9(12)16-11-14-7-15-17(11)10(8)13-5-3-4-6-18-2/h7,13H,3-6H2,1-2H3. The van der Waals surface area contributed by atoms with Gasteiger partial charge in [-0.05, 0) is 19.8 Å². The number of anilines is 1. The third kappa shape index (κ3) is 2.70. The Kier molecular flexibility index (Phi) is 4.33. The number of unbranched alkanes of at least 4 members (excludes halogenated alkanes) is 1. The Labute approximate surface area is 110 Å². The number of halogens is 1. The van der Waals surface area contributed by atoms with Gasteiger partial charge in [-0.25, -0.2) is 0 Å². The number of ether oxygens (including phenoxy) is 1. The Hall–Kier alpha value is -1.40. The van der Waals surface area contributed by atoms with Crippen LogP contribution >= 0.6 is 11.6 Å². The maximum absolute atomic E-state index is 6.06. The molecule has 2 aromatic rings. The largest absolute Gasteiger partial charge is 0.385 e. The van der Waals surface area contributed by atoms with Gasteiger partial charge >= 0.3 is 0 Å². The second-order valence-electron chi connectivity index (χ2n) is 3.97. The average molecular weight is 270 g/mol. The number of hydrogen-bond donors (Lipinski definition) is 1. The lowest BCUT2D eigenvalue weighted by Crippen LogP contribution is -2.10. The molecule has 0 saturated carbocycles. The van der Waals surface area contributed by atoms with Crippen LogP contribution in [0.1, 0.15) is 18.4 Å². The summed E-state index contributed by atoms with van der Waals surface area (Å²) in [6.45, 7) is 3.52. The molecule has 2 rings (SSSR count). The van der Waals surface area contributed by atoms with Crippen LogP contribution in [-0.4, -0.2) is 39.8 Å². The molecule has 6 nitrogen and oxygen atoms in total. The van der Waals surface area contributed by atoms with Crippen LogP contribution in [-0.2, 0) is 4.74 Å². The molecular weight excluding hydrogens is 254 g/mol. The third-order valence-corrected chi connectivity index (χ3v) is 3.04. The minimum Gasteiger partial charge on any atom is -0.385 e. The smallest absolute Gasteiger partial charge is 0.255 e. The van der Waals surface area contributed by atoms with Gasteiger partial charge in [-0.15, -0.1) is 0 Å². The highest BCUT2D eigenvalue weighted by Gasteiger charge is 2.11. The molecule has 1 N–H and O–H groups in total. The topological polar surface area (TPSA) is 64.3 Å². The molecule has 0 aliphatic heterocycles. The van der Waals surface area contributed by atoms with Crippen molar-refractivity contribution < 1.29 is 4.74 Å².